The summed E-state index contributed by atoms with van der Waals surface area (Å²) in [6, 6.07) is 17.2. The van der Waals surface area contributed by atoms with Crippen LogP contribution in [0.5, 0.6) is 0 Å². The van der Waals surface area contributed by atoms with Gasteiger partial charge in [-0.2, -0.15) is 0 Å². The van der Waals surface area contributed by atoms with Crippen LogP contribution in [0.2, 0.25) is 0 Å². The summed E-state index contributed by atoms with van der Waals surface area (Å²) in [6.07, 6.45) is 0.380. The highest BCUT2D eigenvalue weighted by Crippen LogP contribution is 2.44. The minimum atomic E-state index is -1.05. The lowest BCUT2D eigenvalue weighted by atomic mass is 9.69. The van der Waals surface area contributed by atoms with Crippen LogP contribution in [0.3, 0.4) is 0 Å². The largest absolute Gasteiger partial charge is 0.387 e. The molecule has 2 atom stereocenters. The van der Waals surface area contributed by atoms with Crippen molar-refractivity contribution >= 4 is 21.8 Å². The second-order valence-electron chi connectivity index (χ2n) is 7.37. The summed E-state index contributed by atoms with van der Waals surface area (Å²) in [4.78, 5) is 17.2. The van der Waals surface area contributed by atoms with Crippen molar-refractivity contribution in [3.05, 3.63) is 70.2 Å². The number of nitrogens with zero attached hydrogens (tertiary/aromatic N) is 2. The van der Waals surface area contributed by atoms with Crippen LogP contribution in [-0.2, 0) is 10.2 Å². The molecule has 0 radical (unpaired) electrons. The Morgan fingerprint density at radius 2 is 1.63 bits per heavy atom. The molecular formula is C22H29BrN2O2. The lowest BCUT2D eigenvalue weighted by Crippen LogP contribution is -2.48. The topological polar surface area (TPSA) is 43.8 Å². The highest BCUT2D eigenvalue weighted by molar-refractivity contribution is 9.10. The van der Waals surface area contributed by atoms with Crippen molar-refractivity contribution in [2.24, 2.45) is 0 Å². The quantitative estimate of drug-likeness (QED) is 0.688. The fourth-order valence-corrected chi connectivity index (χ4v) is 4.06. The molecule has 0 aliphatic carbocycles. The third kappa shape index (κ3) is 4.78. The molecule has 0 heterocycles. The number of aliphatic hydroxyl groups is 1. The first kappa shape index (κ1) is 21.6. The van der Waals surface area contributed by atoms with Crippen molar-refractivity contribution < 1.29 is 9.90 Å². The number of benzene rings is 2. The summed E-state index contributed by atoms with van der Waals surface area (Å²) in [6.45, 7) is 0.845. The number of likely N-dealkylation sites (N-methyl/N-ethyl adjacent to an activating group) is 1. The van der Waals surface area contributed by atoms with E-state index in [0.29, 0.717) is 6.42 Å². The van der Waals surface area contributed by atoms with E-state index in [-0.39, 0.29) is 5.91 Å². The van der Waals surface area contributed by atoms with Gasteiger partial charge in [-0.1, -0.05) is 64.5 Å². The zero-order valence-electron chi connectivity index (χ0n) is 16.5. The third-order valence-corrected chi connectivity index (χ3v) is 5.64. The number of halogens is 1. The lowest BCUT2D eigenvalue weighted by Gasteiger charge is -2.40. The van der Waals surface area contributed by atoms with Crippen molar-refractivity contribution in [2.75, 3.05) is 34.7 Å². The smallest absolute Gasteiger partial charge is 0.235 e. The Morgan fingerprint density at radius 3 is 2.19 bits per heavy atom. The van der Waals surface area contributed by atoms with Gasteiger partial charge in [0, 0.05) is 18.6 Å². The average Bonchev–Trinajstić information content (AvgIpc) is 2.65. The van der Waals surface area contributed by atoms with Gasteiger partial charge in [-0.05, 0) is 50.7 Å². The van der Waals surface area contributed by atoms with Crippen LogP contribution in [0.1, 0.15) is 30.1 Å². The maximum absolute atomic E-state index is 13.5. The minimum absolute atomic E-state index is 0.0873. The minimum Gasteiger partial charge on any atom is -0.387 e. The molecule has 27 heavy (non-hydrogen) atoms. The number of amides is 1. The van der Waals surface area contributed by atoms with Gasteiger partial charge in [-0.25, -0.2) is 0 Å². The Balaban J connectivity index is 2.62. The van der Waals surface area contributed by atoms with E-state index in [2.05, 4.69) is 20.8 Å². The van der Waals surface area contributed by atoms with Gasteiger partial charge in [-0.15, -0.1) is 0 Å². The van der Waals surface area contributed by atoms with Gasteiger partial charge in [0.05, 0.1) is 6.10 Å². The Morgan fingerprint density at radius 1 is 1.04 bits per heavy atom. The van der Waals surface area contributed by atoms with Gasteiger partial charge in [-0.3, -0.25) is 4.79 Å². The summed E-state index contributed by atoms with van der Waals surface area (Å²) in [5.41, 5.74) is 0.511. The number of hydrogen-bond donors (Lipinski definition) is 1. The number of aliphatic hydroxyl groups excluding tert-OH is 1. The second kappa shape index (κ2) is 9.49. The molecule has 0 fully saturated rings. The van der Waals surface area contributed by atoms with Crippen LogP contribution in [0.4, 0.5) is 0 Å². The fraction of sp³-hybridized carbons (Fsp3) is 0.409. The maximum atomic E-state index is 13.5. The molecule has 1 N–H and O–H groups in total. The van der Waals surface area contributed by atoms with Crippen LogP contribution in [-0.4, -0.2) is 55.5 Å². The monoisotopic (exact) mass is 432 g/mol. The molecule has 0 aliphatic heterocycles. The standard InChI is InChI=1S/C22H29BrN2O2/c1-24(2)16-10-15-22(21(27)25(3)4,17-11-6-5-7-12-17)20(26)18-13-8-9-14-19(18)23/h5-9,11-14,20,26H,10,15-16H2,1-4H3/t20-,22-/m0/s1. The van der Waals surface area contributed by atoms with Crippen molar-refractivity contribution in [1.82, 2.24) is 9.80 Å². The molecule has 0 saturated heterocycles. The maximum Gasteiger partial charge on any atom is 0.235 e. The summed E-state index contributed by atoms with van der Waals surface area (Å²) < 4.78 is 0.803. The van der Waals surface area contributed by atoms with E-state index in [9.17, 15) is 9.90 Å². The van der Waals surface area contributed by atoms with Crippen molar-refractivity contribution in [3.8, 4) is 0 Å². The van der Waals surface area contributed by atoms with E-state index in [4.69, 9.17) is 0 Å². The van der Waals surface area contributed by atoms with Crippen molar-refractivity contribution in [2.45, 2.75) is 24.4 Å². The highest BCUT2D eigenvalue weighted by Gasteiger charge is 2.48. The summed E-state index contributed by atoms with van der Waals surface area (Å²) >= 11 is 3.55. The number of rotatable bonds is 8. The van der Waals surface area contributed by atoms with E-state index in [0.717, 1.165) is 28.6 Å². The molecule has 0 aliphatic rings. The van der Waals surface area contributed by atoms with Gasteiger partial charge in [0.2, 0.25) is 5.91 Å². The first-order valence-electron chi connectivity index (χ1n) is 9.15. The summed E-state index contributed by atoms with van der Waals surface area (Å²) in [7, 11) is 7.53. The normalized spacial score (nSPS) is 14.6. The SMILES string of the molecule is CN(C)CCC[C@](C(=O)N(C)C)(c1ccccc1)[C@@H](O)c1ccccc1Br. The number of hydrogen-bond acceptors (Lipinski definition) is 3. The predicted octanol–water partition coefficient (Wildman–Crippen LogP) is 3.85. The average molecular weight is 433 g/mol. The van der Waals surface area contributed by atoms with Gasteiger partial charge >= 0.3 is 0 Å². The Hall–Kier alpha value is -1.69. The molecule has 5 heteroatoms. The molecule has 1 amide bonds. The molecule has 2 aromatic rings. The van der Waals surface area contributed by atoms with Gasteiger partial charge in [0.25, 0.3) is 0 Å². The Labute approximate surface area is 170 Å². The molecule has 0 saturated carbocycles. The van der Waals surface area contributed by atoms with Crippen molar-refractivity contribution in [1.29, 1.82) is 0 Å². The number of carbonyl (C=O) groups is 1. The molecule has 0 aromatic heterocycles. The van der Waals surface area contributed by atoms with Gasteiger partial charge < -0.3 is 14.9 Å². The van der Waals surface area contributed by atoms with E-state index in [1.807, 2.05) is 68.7 Å². The third-order valence-electron chi connectivity index (χ3n) is 4.92. The Kier molecular flexibility index (Phi) is 7.59. The van der Waals surface area contributed by atoms with Crippen LogP contribution < -0.4 is 0 Å². The fourth-order valence-electron chi connectivity index (χ4n) is 3.56. The predicted molar refractivity (Wildman–Crippen MR) is 114 cm³/mol. The summed E-state index contributed by atoms with van der Waals surface area (Å²) in [5, 5.41) is 11.6. The van der Waals surface area contributed by atoms with E-state index < -0.39 is 11.5 Å². The van der Waals surface area contributed by atoms with Crippen LogP contribution in [0.15, 0.2) is 59.1 Å². The second-order valence-corrected chi connectivity index (χ2v) is 8.22. The molecule has 2 aromatic carbocycles. The van der Waals surface area contributed by atoms with Gasteiger partial charge in [0.15, 0.2) is 0 Å². The zero-order chi connectivity index (χ0) is 20.0. The number of carbonyl (C=O) groups excluding carboxylic acids is 1. The molecule has 4 nitrogen and oxygen atoms in total. The van der Waals surface area contributed by atoms with E-state index in [1.165, 1.54) is 0 Å². The zero-order valence-corrected chi connectivity index (χ0v) is 18.1. The van der Waals surface area contributed by atoms with Crippen LogP contribution in [0.25, 0.3) is 0 Å². The van der Waals surface area contributed by atoms with Crippen LogP contribution >= 0.6 is 15.9 Å². The first-order chi connectivity index (χ1) is 12.8. The molecular weight excluding hydrogens is 404 g/mol. The molecule has 0 bridgehead atoms. The van der Waals surface area contributed by atoms with Crippen LogP contribution in [0, 0.1) is 0 Å². The van der Waals surface area contributed by atoms with E-state index in [1.54, 1.807) is 19.0 Å². The summed E-state index contributed by atoms with van der Waals surface area (Å²) in [5.74, 6) is -0.0873. The Bertz CT molecular complexity index is 749. The molecule has 0 spiro atoms. The first-order valence-corrected chi connectivity index (χ1v) is 9.94. The lowest BCUT2D eigenvalue weighted by molar-refractivity contribution is -0.140. The van der Waals surface area contributed by atoms with E-state index >= 15 is 0 Å². The molecule has 2 rings (SSSR count). The van der Waals surface area contributed by atoms with Crippen molar-refractivity contribution in [3.63, 3.8) is 0 Å². The molecule has 0 unspecified atom stereocenters. The van der Waals surface area contributed by atoms with Gasteiger partial charge in [0.1, 0.15) is 5.41 Å². The molecule has 146 valence electrons. The highest BCUT2D eigenvalue weighted by atomic mass is 79.9.